The van der Waals surface area contributed by atoms with Gasteiger partial charge in [-0.3, -0.25) is 9.78 Å². The average molecular weight is 438 g/mol. The predicted octanol–water partition coefficient (Wildman–Crippen LogP) is 4.53. The zero-order valence-electron chi connectivity index (χ0n) is 17.2. The summed E-state index contributed by atoms with van der Waals surface area (Å²) in [6, 6.07) is 10.6. The highest BCUT2D eigenvalue weighted by Gasteiger charge is 2.18. The number of esters is 1. The highest BCUT2D eigenvalue weighted by Crippen LogP contribution is 2.34. The molecule has 4 aromatic rings. The van der Waals surface area contributed by atoms with E-state index in [0.29, 0.717) is 27.8 Å². The van der Waals surface area contributed by atoms with Crippen molar-refractivity contribution in [1.82, 2.24) is 4.98 Å². The maximum Gasteiger partial charge on any atom is 0.310 e. The first-order valence-corrected chi connectivity index (χ1v) is 9.82. The van der Waals surface area contributed by atoms with E-state index in [2.05, 4.69) is 9.72 Å². The lowest BCUT2D eigenvalue weighted by atomic mass is 10.00. The van der Waals surface area contributed by atoms with Crippen molar-refractivity contribution in [2.45, 2.75) is 19.6 Å². The summed E-state index contributed by atoms with van der Waals surface area (Å²) < 4.78 is 44.8. The number of aromatic nitrogens is 1. The molecule has 6 nitrogen and oxygen atoms in total. The van der Waals surface area contributed by atoms with Crippen LogP contribution in [0.5, 0.6) is 5.75 Å². The monoisotopic (exact) mass is 438 g/mol. The van der Waals surface area contributed by atoms with Crippen LogP contribution in [0.3, 0.4) is 0 Å². The smallest absolute Gasteiger partial charge is 0.310 e. The second kappa shape index (κ2) is 9.15. The number of halogens is 2. The SMILES string of the molecule is COC(=O)Cc1cc(F)ccc1OCc1cc(-c2ccnc(CN)c2)c2occc2c1F. The van der Waals surface area contributed by atoms with Crippen LogP contribution in [0.2, 0.25) is 0 Å². The Labute approximate surface area is 182 Å². The van der Waals surface area contributed by atoms with E-state index >= 15 is 4.39 Å². The van der Waals surface area contributed by atoms with Crippen molar-refractivity contribution in [3.05, 3.63) is 83.4 Å². The molecule has 4 rings (SSSR count). The van der Waals surface area contributed by atoms with Crippen molar-refractivity contribution in [2.24, 2.45) is 5.73 Å². The fourth-order valence-corrected chi connectivity index (χ4v) is 3.45. The zero-order chi connectivity index (χ0) is 22.7. The summed E-state index contributed by atoms with van der Waals surface area (Å²) >= 11 is 0. The molecule has 2 N–H and O–H groups in total. The molecule has 0 aliphatic rings. The first-order chi connectivity index (χ1) is 15.5. The van der Waals surface area contributed by atoms with Gasteiger partial charge < -0.3 is 19.6 Å². The van der Waals surface area contributed by atoms with Gasteiger partial charge in [-0.2, -0.15) is 0 Å². The van der Waals surface area contributed by atoms with Gasteiger partial charge >= 0.3 is 5.97 Å². The molecule has 0 unspecified atom stereocenters. The number of methoxy groups -OCH3 is 1. The van der Waals surface area contributed by atoms with Crippen molar-refractivity contribution in [3.63, 3.8) is 0 Å². The Bertz CT molecular complexity index is 1290. The van der Waals surface area contributed by atoms with Gasteiger partial charge in [0.1, 0.15) is 29.6 Å². The molecule has 0 spiro atoms. The molecular formula is C24H20F2N2O4. The van der Waals surface area contributed by atoms with Gasteiger partial charge in [0.25, 0.3) is 0 Å². The molecule has 0 bridgehead atoms. The van der Waals surface area contributed by atoms with Gasteiger partial charge in [-0.05, 0) is 48.0 Å². The van der Waals surface area contributed by atoms with Crippen molar-refractivity contribution in [3.8, 4) is 16.9 Å². The molecule has 32 heavy (non-hydrogen) atoms. The normalized spacial score (nSPS) is 11.0. The van der Waals surface area contributed by atoms with Crippen LogP contribution in [0.15, 0.2) is 59.3 Å². The maximum absolute atomic E-state index is 15.2. The summed E-state index contributed by atoms with van der Waals surface area (Å²) in [7, 11) is 1.24. The van der Waals surface area contributed by atoms with Gasteiger partial charge in [-0.1, -0.05) is 0 Å². The lowest BCUT2D eigenvalue weighted by Crippen LogP contribution is -2.08. The number of carbonyl (C=O) groups excluding carboxylic acids is 1. The minimum absolute atomic E-state index is 0.144. The summed E-state index contributed by atoms with van der Waals surface area (Å²) in [5.74, 6) is -1.28. The minimum Gasteiger partial charge on any atom is -0.488 e. The number of hydrogen-bond acceptors (Lipinski definition) is 6. The largest absolute Gasteiger partial charge is 0.488 e. The van der Waals surface area contributed by atoms with Crippen LogP contribution in [0.1, 0.15) is 16.8 Å². The van der Waals surface area contributed by atoms with E-state index in [1.54, 1.807) is 24.4 Å². The molecule has 0 amide bonds. The number of rotatable bonds is 7. The lowest BCUT2D eigenvalue weighted by molar-refractivity contribution is -0.139. The Morgan fingerprint density at radius 3 is 2.75 bits per heavy atom. The van der Waals surface area contributed by atoms with Crippen LogP contribution in [0, 0.1) is 11.6 Å². The molecule has 0 fully saturated rings. The fraction of sp³-hybridized carbons (Fsp3) is 0.167. The Kier molecular flexibility index (Phi) is 6.13. The van der Waals surface area contributed by atoms with E-state index in [-0.39, 0.29) is 30.9 Å². The fourth-order valence-electron chi connectivity index (χ4n) is 3.45. The highest BCUT2D eigenvalue weighted by atomic mass is 19.1. The molecule has 0 saturated carbocycles. The Balaban J connectivity index is 1.70. The van der Waals surface area contributed by atoms with Gasteiger partial charge in [-0.15, -0.1) is 0 Å². The van der Waals surface area contributed by atoms with Crippen LogP contribution < -0.4 is 10.5 Å². The number of carbonyl (C=O) groups is 1. The number of furan rings is 1. The quantitative estimate of drug-likeness (QED) is 0.427. The summed E-state index contributed by atoms with van der Waals surface area (Å²) in [5, 5.41) is 0.307. The molecule has 2 aromatic heterocycles. The third kappa shape index (κ3) is 4.31. The van der Waals surface area contributed by atoms with E-state index in [1.165, 1.54) is 31.6 Å². The van der Waals surface area contributed by atoms with E-state index in [9.17, 15) is 9.18 Å². The first-order valence-electron chi connectivity index (χ1n) is 9.82. The molecule has 2 heterocycles. The molecule has 0 saturated heterocycles. The third-order valence-corrected chi connectivity index (χ3v) is 5.05. The van der Waals surface area contributed by atoms with E-state index < -0.39 is 17.6 Å². The molecule has 164 valence electrons. The standard InChI is InChI=1S/C24H20F2N2O4/c1-30-22(29)11-15-8-17(25)2-3-21(15)32-13-16-10-20(14-4-6-28-18(9-14)12-27)24-19(23(16)26)5-7-31-24/h2-10H,11-13,27H2,1H3. The lowest BCUT2D eigenvalue weighted by Gasteiger charge is -2.13. The minimum atomic E-state index is -0.540. The van der Waals surface area contributed by atoms with E-state index in [1.807, 2.05) is 6.07 Å². The van der Waals surface area contributed by atoms with Crippen molar-refractivity contribution < 1.29 is 27.5 Å². The molecule has 2 aromatic carbocycles. The molecule has 0 radical (unpaired) electrons. The van der Waals surface area contributed by atoms with Gasteiger partial charge in [-0.25, -0.2) is 8.78 Å². The molecular weight excluding hydrogens is 418 g/mol. The summed E-state index contributed by atoms with van der Waals surface area (Å²) in [4.78, 5) is 15.9. The topological polar surface area (TPSA) is 87.6 Å². The molecule has 0 atom stereocenters. The van der Waals surface area contributed by atoms with Gasteiger partial charge in [0, 0.05) is 29.4 Å². The number of benzene rings is 2. The van der Waals surface area contributed by atoms with Crippen LogP contribution in [-0.2, 0) is 29.1 Å². The zero-order valence-corrected chi connectivity index (χ0v) is 17.2. The summed E-state index contributed by atoms with van der Waals surface area (Å²) in [5.41, 5.74) is 8.80. The van der Waals surface area contributed by atoms with Crippen LogP contribution in [0.25, 0.3) is 22.1 Å². The van der Waals surface area contributed by atoms with Crippen molar-refractivity contribution in [2.75, 3.05) is 7.11 Å². The van der Waals surface area contributed by atoms with Crippen LogP contribution in [0.4, 0.5) is 8.78 Å². The summed E-state index contributed by atoms with van der Waals surface area (Å²) in [6.45, 7) is 0.119. The number of pyridine rings is 1. The van der Waals surface area contributed by atoms with Crippen LogP contribution >= 0.6 is 0 Å². The number of hydrogen-bond donors (Lipinski definition) is 1. The number of nitrogens with zero attached hydrogens (tertiary/aromatic N) is 1. The Morgan fingerprint density at radius 1 is 1.12 bits per heavy atom. The molecule has 0 aliphatic heterocycles. The Morgan fingerprint density at radius 2 is 1.97 bits per heavy atom. The van der Waals surface area contributed by atoms with Gasteiger partial charge in [0.05, 0.1) is 30.9 Å². The highest BCUT2D eigenvalue weighted by molar-refractivity contribution is 5.93. The molecule has 8 heteroatoms. The average Bonchev–Trinajstić information content (AvgIpc) is 3.30. The van der Waals surface area contributed by atoms with Crippen molar-refractivity contribution in [1.29, 1.82) is 0 Å². The second-order valence-electron chi connectivity index (χ2n) is 7.09. The number of ether oxygens (including phenoxy) is 2. The maximum atomic E-state index is 15.2. The third-order valence-electron chi connectivity index (χ3n) is 5.05. The Hall–Kier alpha value is -3.78. The first kappa shape index (κ1) is 21.5. The summed E-state index contributed by atoms with van der Waals surface area (Å²) in [6.07, 6.45) is 2.88. The second-order valence-corrected chi connectivity index (χ2v) is 7.09. The number of fused-ring (bicyclic) bond motifs is 1. The van der Waals surface area contributed by atoms with Gasteiger partial charge in [0.15, 0.2) is 0 Å². The van der Waals surface area contributed by atoms with E-state index in [4.69, 9.17) is 14.9 Å². The predicted molar refractivity (Wildman–Crippen MR) is 114 cm³/mol. The van der Waals surface area contributed by atoms with Gasteiger partial charge in [0.2, 0.25) is 0 Å². The van der Waals surface area contributed by atoms with Crippen molar-refractivity contribution >= 4 is 16.9 Å². The number of nitrogens with two attached hydrogens (primary N) is 1. The molecule has 0 aliphatic carbocycles. The van der Waals surface area contributed by atoms with Crippen LogP contribution in [-0.4, -0.2) is 18.1 Å². The van der Waals surface area contributed by atoms with E-state index in [0.717, 1.165) is 5.56 Å².